The summed E-state index contributed by atoms with van der Waals surface area (Å²) in [5, 5.41) is 18.3. The second-order valence-corrected chi connectivity index (χ2v) is 4.71. The number of aliphatic hydroxyl groups excluding tert-OH is 1. The predicted octanol–water partition coefficient (Wildman–Crippen LogP) is 1.77. The summed E-state index contributed by atoms with van der Waals surface area (Å²) in [7, 11) is 0. The molecule has 1 aliphatic heterocycles. The summed E-state index contributed by atoms with van der Waals surface area (Å²) in [6.07, 6.45) is 3.60. The Morgan fingerprint density at radius 3 is 3.00 bits per heavy atom. The first-order valence-corrected chi connectivity index (χ1v) is 6.43. The lowest BCUT2D eigenvalue weighted by atomic mass is 10.1. The number of carbonyl (C=O) groups is 1. The van der Waals surface area contributed by atoms with Gasteiger partial charge in [0.1, 0.15) is 5.75 Å². The van der Waals surface area contributed by atoms with Gasteiger partial charge in [0.05, 0.1) is 0 Å². The topological polar surface area (TPSA) is 60.8 Å². The Balaban J connectivity index is 2.08. The molecule has 1 fully saturated rings. The number of aromatic hydroxyl groups is 1. The van der Waals surface area contributed by atoms with Crippen molar-refractivity contribution in [2.24, 2.45) is 0 Å². The number of hydrogen-bond donors (Lipinski definition) is 2. The molecule has 0 saturated carbocycles. The number of hydrogen-bond acceptors (Lipinski definition) is 3. The zero-order chi connectivity index (χ0) is 13.0. The largest absolute Gasteiger partial charge is 0.508 e. The van der Waals surface area contributed by atoms with Crippen LogP contribution in [0.5, 0.6) is 5.75 Å². The van der Waals surface area contributed by atoms with Gasteiger partial charge in [-0.15, -0.1) is 0 Å². The highest BCUT2D eigenvalue weighted by Crippen LogP contribution is 2.24. The average molecular weight is 249 g/mol. The first kappa shape index (κ1) is 12.9. The lowest BCUT2D eigenvalue weighted by Crippen LogP contribution is -2.35. The van der Waals surface area contributed by atoms with Gasteiger partial charge in [0, 0.05) is 24.8 Å². The highest BCUT2D eigenvalue weighted by atomic mass is 16.3. The Morgan fingerprint density at radius 2 is 2.28 bits per heavy atom. The second kappa shape index (κ2) is 5.87. The van der Waals surface area contributed by atoms with Crippen LogP contribution in [0.4, 0.5) is 0 Å². The third-order valence-electron chi connectivity index (χ3n) is 3.43. The molecule has 0 bridgehead atoms. The van der Waals surface area contributed by atoms with E-state index in [0.717, 1.165) is 32.2 Å². The molecular weight excluding hydrogens is 230 g/mol. The number of nitrogens with zero attached hydrogens (tertiary/aromatic N) is 1. The summed E-state index contributed by atoms with van der Waals surface area (Å²) in [4.78, 5) is 14.2. The van der Waals surface area contributed by atoms with Gasteiger partial charge in [-0.25, -0.2) is 0 Å². The van der Waals surface area contributed by atoms with Crippen LogP contribution >= 0.6 is 0 Å². The van der Waals surface area contributed by atoms with Gasteiger partial charge < -0.3 is 15.1 Å². The van der Waals surface area contributed by atoms with E-state index in [-0.39, 0.29) is 24.3 Å². The molecule has 0 aliphatic carbocycles. The number of amides is 1. The number of carbonyl (C=O) groups excluding carboxylic acids is 1. The number of phenols is 1. The van der Waals surface area contributed by atoms with Crippen LogP contribution in [0.25, 0.3) is 0 Å². The van der Waals surface area contributed by atoms with Gasteiger partial charge in [0.25, 0.3) is 5.91 Å². The maximum atomic E-state index is 12.3. The fourth-order valence-corrected chi connectivity index (χ4v) is 2.53. The number of aliphatic hydroxyl groups is 1. The summed E-state index contributed by atoms with van der Waals surface area (Å²) >= 11 is 0. The molecule has 4 heteroatoms. The van der Waals surface area contributed by atoms with E-state index in [1.807, 2.05) is 4.90 Å². The number of rotatable bonds is 4. The maximum Gasteiger partial charge on any atom is 0.254 e. The summed E-state index contributed by atoms with van der Waals surface area (Å²) in [6, 6.07) is 6.70. The molecule has 4 nitrogen and oxygen atoms in total. The van der Waals surface area contributed by atoms with E-state index in [0.29, 0.717) is 5.56 Å². The highest BCUT2D eigenvalue weighted by molar-refractivity contribution is 5.95. The molecule has 0 aromatic heterocycles. The molecule has 1 aromatic rings. The minimum absolute atomic E-state index is 0.0219. The minimum Gasteiger partial charge on any atom is -0.508 e. The summed E-state index contributed by atoms with van der Waals surface area (Å²) in [5.41, 5.74) is 0.533. The molecule has 98 valence electrons. The predicted molar refractivity (Wildman–Crippen MR) is 68.5 cm³/mol. The fourth-order valence-electron chi connectivity index (χ4n) is 2.53. The van der Waals surface area contributed by atoms with Crippen LogP contribution in [0.1, 0.15) is 36.0 Å². The van der Waals surface area contributed by atoms with E-state index in [4.69, 9.17) is 5.11 Å². The number of benzene rings is 1. The molecule has 1 atom stereocenters. The molecule has 18 heavy (non-hydrogen) atoms. The summed E-state index contributed by atoms with van der Waals surface area (Å²) in [5.74, 6) is 0.0956. The van der Waals surface area contributed by atoms with E-state index in [2.05, 4.69) is 0 Å². The van der Waals surface area contributed by atoms with Gasteiger partial charge in [-0.2, -0.15) is 0 Å². The second-order valence-electron chi connectivity index (χ2n) is 4.71. The van der Waals surface area contributed by atoms with Crippen molar-refractivity contribution in [3.05, 3.63) is 29.8 Å². The standard InChI is InChI=1S/C14H19NO3/c16-9-3-6-12-5-2-8-15(12)14(18)11-4-1-7-13(17)10-11/h1,4,7,10,12,16-17H,2-3,5-6,8-9H2. The van der Waals surface area contributed by atoms with Crippen LogP contribution in [-0.2, 0) is 0 Å². The normalized spacial score (nSPS) is 19.2. The molecule has 2 N–H and O–H groups in total. The first-order valence-electron chi connectivity index (χ1n) is 6.43. The Labute approximate surface area is 107 Å². The van der Waals surface area contributed by atoms with Crippen molar-refractivity contribution in [3.63, 3.8) is 0 Å². The zero-order valence-corrected chi connectivity index (χ0v) is 10.4. The number of phenolic OH excluding ortho intramolecular Hbond substituents is 1. The lowest BCUT2D eigenvalue weighted by molar-refractivity contribution is 0.0724. The van der Waals surface area contributed by atoms with Crippen LogP contribution in [0, 0.1) is 0 Å². The molecule has 1 aromatic carbocycles. The van der Waals surface area contributed by atoms with Gasteiger partial charge in [-0.1, -0.05) is 6.07 Å². The van der Waals surface area contributed by atoms with Crippen molar-refractivity contribution in [3.8, 4) is 5.75 Å². The van der Waals surface area contributed by atoms with Gasteiger partial charge in [0.15, 0.2) is 0 Å². The molecule has 1 amide bonds. The van der Waals surface area contributed by atoms with E-state index in [9.17, 15) is 9.90 Å². The van der Waals surface area contributed by atoms with Crippen molar-refractivity contribution in [1.29, 1.82) is 0 Å². The van der Waals surface area contributed by atoms with E-state index in [1.165, 1.54) is 6.07 Å². The molecule has 1 saturated heterocycles. The monoisotopic (exact) mass is 249 g/mol. The lowest BCUT2D eigenvalue weighted by Gasteiger charge is -2.24. The molecule has 1 unspecified atom stereocenters. The van der Waals surface area contributed by atoms with Gasteiger partial charge in [-0.05, 0) is 43.9 Å². The summed E-state index contributed by atoms with van der Waals surface area (Å²) in [6.45, 7) is 0.940. The first-order chi connectivity index (χ1) is 8.72. The Morgan fingerprint density at radius 1 is 1.44 bits per heavy atom. The molecule has 0 spiro atoms. The minimum atomic E-state index is -0.0219. The van der Waals surface area contributed by atoms with Crippen LogP contribution in [0.3, 0.4) is 0 Å². The molecule has 1 heterocycles. The Bertz CT molecular complexity index is 419. The third kappa shape index (κ3) is 2.82. The van der Waals surface area contributed by atoms with E-state index < -0.39 is 0 Å². The maximum absolute atomic E-state index is 12.3. The van der Waals surface area contributed by atoms with Crippen LogP contribution < -0.4 is 0 Å². The molecule has 2 rings (SSSR count). The van der Waals surface area contributed by atoms with Crippen molar-refractivity contribution < 1.29 is 15.0 Å². The highest BCUT2D eigenvalue weighted by Gasteiger charge is 2.28. The van der Waals surface area contributed by atoms with E-state index >= 15 is 0 Å². The van der Waals surface area contributed by atoms with Crippen LogP contribution in [0.2, 0.25) is 0 Å². The van der Waals surface area contributed by atoms with Gasteiger partial charge in [-0.3, -0.25) is 4.79 Å². The Kier molecular flexibility index (Phi) is 4.20. The molecule has 1 aliphatic rings. The number of likely N-dealkylation sites (tertiary alicyclic amines) is 1. The molecular formula is C14H19NO3. The fraction of sp³-hybridized carbons (Fsp3) is 0.500. The SMILES string of the molecule is O=C(c1cccc(O)c1)N1CCCC1CCCO. The van der Waals surface area contributed by atoms with Crippen molar-refractivity contribution in [2.45, 2.75) is 31.7 Å². The average Bonchev–Trinajstić information content (AvgIpc) is 2.83. The summed E-state index contributed by atoms with van der Waals surface area (Å²) < 4.78 is 0. The van der Waals surface area contributed by atoms with Crippen molar-refractivity contribution >= 4 is 5.91 Å². The van der Waals surface area contributed by atoms with Crippen LogP contribution in [0.15, 0.2) is 24.3 Å². The quantitative estimate of drug-likeness (QED) is 0.855. The van der Waals surface area contributed by atoms with Gasteiger partial charge >= 0.3 is 0 Å². The Hall–Kier alpha value is -1.55. The smallest absolute Gasteiger partial charge is 0.254 e. The van der Waals surface area contributed by atoms with Gasteiger partial charge in [0.2, 0.25) is 0 Å². The molecule has 0 radical (unpaired) electrons. The van der Waals surface area contributed by atoms with Crippen molar-refractivity contribution in [2.75, 3.05) is 13.2 Å². The zero-order valence-electron chi connectivity index (χ0n) is 10.4. The van der Waals surface area contributed by atoms with Crippen LogP contribution in [-0.4, -0.2) is 40.2 Å². The van der Waals surface area contributed by atoms with Crippen molar-refractivity contribution in [1.82, 2.24) is 4.90 Å². The van der Waals surface area contributed by atoms with E-state index in [1.54, 1.807) is 18.2 Å². The third-order valence-corrected chi connectivity index (χ3v) is 3.43.